The number of carbonyl (C=O) groups is 1. The van der Waals surface area contributed by atoms with Crippen molar-refractivity contribution in [3.63, 3.8) is 0 Å². The second-order valence-electron chi connectivity index (χ2n) is 3.74. The van der Waals surface area contributed by atoms with Crippen LogP contribution in [0.25, 0.3) is 0 Å². The molecule has 2 aromatic rings. The summed E-state index contributed by atoms with van der Waals surface area (Å²) in [6.45, 7) is 0.437. The molecule has 0 atom stereocenters. The van der Waals surface area contributed by atoms with Crippen molar-refractivity contribution in [3.8, 4) is 0 Å². The highest BCUT2D eigenvalue weighted by atomic mass is 35.5. The smallest absolute Gasteiger partial charge is 0.268 e. The summed E-state index contributed by atoms with van der Waals surface area (Å²) in [5.74, 6) is -0.178. The van der Waals surface area contributed by atoms with Gasteiger partial charge in [-0.05, 0) is 17.7 Å². The maximum atomic E-state index is 11.0. The van der Waals surface area contributed by atoms with Crippen LogP contribution < -0.4 is 11.1 Å². The normalized spacial score (nSPS) is 10.2. The number of benzene rings is 1. The number of aromatic nitrogens is 2. The SMILES string of the molecule is NC(=O)c1cncc(NCc2ccc(Cl)cc2Cl)n1. The number of hydrogen-bond acceptors (Lipinski definition) is 4. The maximum absolute atomic E-state index is 11.0. The fraction of sp³-hybridized carbons (Fsp3) is 0.0833. The highest BCUT2D eigenvalue weighted by molar-refractivity contribution is 6.35. The first kappa shape index (κ1) is 13.6. The molecule has 0 spiro atoms. The molecule has 1 heterocycles. The molecule has 2 rings (SSSR count). The number of nitrogens with two attached hydrogens (primary N) is 1. The van der Waals surface area contributed by atoms with Crippen molar-refractivity contribution in [2.24, 2.45) is 5.73 Å². The first-order valence-electron chi connectivity index (χ1n) is 5.36. The Labute approximate surface area is 119 Å². The van der Waals surface area contributed by atoms with Gasteiger partial charge in [0.2, 0.25) is 0 Å². The van der Waals surface area contributed by atoms with Crippen molar-refractivity contribution < 1.29 is 4.79 Å². The molecule has 5 nitrogen and oxygen atoms in total. The lowest BCUT2D eigenvalue weighted by molar-refractivity contribution is 0.0995. The summed E-state index contributed by atoms with van der Waals surface area (Å²) in [6.07, 6.45) is 2.80. The van der Waals surface area contributed by atoms with Crippen LogP contribution in [0.15, 0.2) is 30.6 Å². The molecule has 0 saturated heterocycles. The number of anilines is 1. The van der Waals surface area contributed by atoms with Gasteiger partial charge in [-0.3, -0.25) is 9.78 Å². The van der Waals surface area contributed by atoms with E-state index in [4.69, 9.17) is 28.9 Å². The summed E-state index contributed by atoms with van der Waals surface area (Å²) in [4.78, 5) is 18.9. The van der Waals surface area contributed by atoms with Crippen LogP contribution in [-0.4, -0.2) is 15.9 Å². The van der Waals surface area contributed by atoms with Crippen molar-refractivity contribution in [3.05, 3.63) is 51.9 Å². The first-order chi connectivity index (χ1) is 9.06. The van der Waals surface area contributed by atoms with Gasteiger partial charge in [0, 0.05) is 16.6 Å². The lowest BCUT2D eigenvalue weighted by atomic mass is 10.2. The summed E-state index contributed by atoms with van der Waals surface area (Å²) < 4.78 is 0. The Morgan fingerprint density at radius 3 is 2.79 bits per heavy atom. The highest BCUT2D eigenvalue weighted by Crippen LogP contribution is 2.21. The number of carbonyl (C=O) groups excluding carboxylic acids is 1. The van der Waals surface area contributed by atoms with Gasteiger partial charge >= 0.3 is 0 Å². The number of halogens is 2. The van der Waals surface area contributed by atoms with Gasteiger partial charge in [0.1, 0.15) is 11.5 Å². The van der Waals surface area contributed by atoms with Crippen molar-refractivity contribution >= 4 is 34.9 Å². The number of nitrogens with zero attached hydrogens (tertiary/aromatic N) is 2. The van der Waals surface area contributed by atoms with Crippen molar-refractivity contribution in [1.29, 1.82) is 0 Å². The number of rotatable bonds is 4. The third kappa shape index (κ3) is 3.56. The van der Waals surface area contributed by atoms with Gasteiger partial charge < -0.3 is 11.1 Å². The van der Waals surface area contributed by atoms with E-state index in [1.807, 2.05) is 6.07 Å². The van der Waals surface area contributed by atoms with E-state index in [1.54, 1.807) is 12.1 Å². The van der Waals surface area contributed by atoms with E-state index in [0.717, 1.165) is 5.56 Å². The molecule has 0 radical (unpaired) electrons. The van der Waals surface area contributed by atoms with E-state index in [9.17, 15) is 4.79 Å². The number of primary amides is 1. The quantitative estimate of drug-likeness (QED) is 0.908. The van der Waals surface area contributed by atoms with E-state index in [1.165, 1.54) is 12.4 Å². The predicted octanol–water partition coefficient (Wildman–Crippen LogP) is 2.49. The van der Waals surface area contributed by atoms with Crippen LogP contribution in [0, 0.1) is 0 Å². The first-order valence-corrected chi connectivity index (χ1v) is 6.11. The average Bonchev–Trinajstić information content (AvgIpc) is 2.38. The Balaban J connectivity index is 2.10. The van der Waals surface area contributed by atoms with E-state index in [2.05, 4.69) is 15.3 Å². The van der Waals surface area contributed by atoms with E-state index < -0.39 is 5.91 Å². The minimum atomic E-state index is -0.624. The molecule has 0 aliphatic rings. The molecule has 0 bridgehead atoms. The summed E-state index contributed by atoms with van der Waals surface area (Å²) in [7, 11) is 0. The molecule has 0 aliphatic heterocycles. The zero-order valence-corrected chi connectivity index (χ0v) is 11.2. The van der Waals surface area contributed by atoms with E-state index >= 15 is 0 Å². The molecule has 0 saturated carbocycles. The maximum Gasteiger partial charge on any atom is 0.268 e. The molecule has 1 amide bonds. The molecule has 1 aromatic heterocycles. The van der Waals surface area contributed by atoms with Crippen LogP contribution in [-0.2, 0) is 6.54 Å². The Hall–Kier alpha value is -1.85. The fourth-order valence-corrected chi connectivity index (χ4v) is 1.90. The number of nitrogens with one attached hydrogen (secondary N) is 1. The average molecular weight is 297 g/mol. The van der Waals surface area contributed by atoms with Gasteiger partial charge in [-0.1, -0.05) is 29.3 Å². The van der Waals surface area contributed by atoms with Crippen molar-refractivity contribution in [1.82, 2.24) is 9.97 Å². The number of hydrogen-bond donors (Lipinski definition) is 2. The zero-order chi connectivity index (χ0) is 13.8. The van der Waals surface area contributed by atoms with Gasteiger partial charge in [-0.25, -0.2) is 4.98 Å². The summed E-state index contributed by atoms with van der Waals surface area (Å²) in [5, 5.41) is 4.14. The molecular weight excluding hydrogens is 287 g/mol. The minimum absolute atomic E-state index is 0.104. The molecule has 98 valence electrons. The third-order valence-corrected chi connectivity index (χ3v) is 2.95. The monoisotopic (exact) mass is 296 g/mol. The molecule has 0 unspecified atom stereocenters. The minimum Gasteiger partial charge on any atom is -0.365 e. The summed E-state index contributed by atoms with van der Waals surface area (Å²) in [5.41, 5.74) is 6.09. The predicted molar refractivity (Wildman–Crippen MR) is 74.3 cm³/mol. The van der Waals surface area contributed by atoms with Gasteiger partial charge in [-0.2, -0.15) is 0 Å². The van der Waals surface area contributed by atoms with E-state index in [-0.39, 0.29) is 5.69 Å². The Kier molecular flexibility index (Phi) is 4.19. The fourth-order valence-electron chi connectivity index (χ4n) is 1.42. The van der Waals surface area contributed by atoms with Crippen molar-refractivity contribution in [2.45, 2.75) is 6.54 Å². The number of amides is 1. The van der Waals surface area contributed by atoms with Crippen LogP contribution in [0.5, 0.6) is 0 Å². The van der Waals surface area contributed by atoms with Gasteiger partial charge in [0.15, 0.2) is 0 Å². The Morgan fingerprint density at radius 2 is 2.11 bits per heavy atom. The summed E-state index contributed by atoms with van der Waals surface area (Å²) >= 11 is 11.9. The molecular formula is C12H10Cl2N4O. The Morgan fingerprint density at radius 1 is 1.32 bits per heavy atom. The Bertz CT molecular complexity index is 618. The van der Waals surface area contributed by atoms with Gasteiger partial charge in [0.25, 0.3) is 5.91 Å². The van der Waals surface area contributed by atoms with Crippen LogP contribution >= 0.6 is 23.2 Å². The molecule has 0 fully saturated rings. The zero-order valence-electron chi connectivity index (χ0n) is 9.73. The van der Waals surface area contributed by atoms with Gasteiger partial charge in [0.05, 0.1) is 12.4 Å². The molecule has 0 aliphatic carbocycles. The lowest BCUT2D eigenvalue weighted by Crippen LogP contribution is -2.14. The second kappa shape index (κ2) is 5.86. The summed E-state index contributed by atoms with van der Waals surface area (Å²) in [6, 6.07) is 5.21. The van der Waals surface area contributed by atoms with Crippen LogP contribution in [0.3, 0.4) is 0 Å². The molecule has 3 N–H and O–H groups in total. The lowest BCUT2D eigenvalue weighted by Gasteiger charge is -2.07. The topological polar surface area (TPSA) is 80.9 Å². The van der Waals surface area contributed by atoms with E-state index in [0.29, 0.717) is 22.4 Å². The van der Waals surface area contributed by atoms with Crippen LogP contribution in [0.1, 0.15) is 16.1 Å². The standard InChI is InChI=1S/C12H10Cl2N4O/c13-8-2-1-7(9(14)3-8)4-17-11-6-16-5-10(18-11)12(15)19/h1-3,5-6H,4H2,(H2,15,19)(H,17,18). The van der Waals surface area contributed by atoms with Crippen molar-refractivity contribution in [2.75, 3.05) is 5.32 Å². The van der Waals surface area contributed by atoms with Crippen LogP contribution in [0.2, 0.25) is 10.0 Å². The largest absolute Gasteiger partial charge is 0.365 e. The molecule has 7 heteroatoms. The third-order valence-electron chi connectivity index (χ3n) is 2.36. The van der Waals surface area contributed by atoms with Crippen LogP contribution in [0.4, 0.5) is 5.82 Å². The highest BCUT2D eigenvalue weighted by Gasteiger charge is 2.05. The molecule has 1 aromatic carbocycles. The second-order valence-corrected chi connectivity index (χ2v) is 4.59. The molecule has 19 heavy (non-hydrogen) atoms. The van der Waals surface area contributed by atoms with Gasteiger partial charge in [-0.15, -0.1) is 0 Å².